The number of aromatic nitrogens is 4. The van der Waals surface area contributed by atoms with Gasteiger partial charge in [-0.3, -0.25) is 19.3 Å². The summed E-state index contributed by atoms with van der Waals surface area (Å²) >= 11 is 0. The fraction of sp³-hybridized carbons (Fsp3) is 0.300. The lowest BCUT2D eigenvalue weighted by Crippen LogP contribution is -2.15. The van der Waals surface area contributed by atoms with Crippen LogP contribution in [0.2, 0.25) is 0 Å². The summed E-state index contributed by atoms with van der Waals surface area (Å²) < 4.78 is 1.78. The number of nitrogens with zero attached hydrogens (tertiary/aromatic N) is 3. The number of carbonyl (C=O) groups is 2. The number of hydrogen-bond acceptors (Lipinski definition) is 4. The number of aromatic amines is 1. The fourth-order valence-corrected chi connectivity index (χ4v) is 3.51. The maximum absolute atomic E-state index is 12.6. The molecule has 0 atom stereocenters. The second kappa shape index (κ2) is 7.19. The van der Waals surface area contributed by atoms with Crippen molar-refractivity contribution < 1.29 is 9.59 Å². The zero-order valence-corrected chi connectivity index (χ0v) is 15.2. The van der Waals surface area contributed by atoms with Gasteiger partial charge in [-0.25, -0.2) is 0 Å². The minimum absolute atomic E-state index is 0.114. The van der Waals surface area contributed by atoms with Crippen molar-refractivity contribution in [2.75, 3.05) is 5.32 Å². The third kappa shape index (κ3) is 3.53. The quantitative estimate of drug-likeness (QED) is 0.729. The predicted molar refractivity (Wildman–Crippen MR) is 101 cm³/mol. The third-order valence-electron chi connectivity index (χ3n) is 4.87. The molecule has 0 bridgehead atoms. The van der Waals surface area contributed by atoms with E-state index in [1.54, 1.807) is 16.9 Å². The summed E-state index contributed by atoms with van der Waals surface area (Å²) in [5.41, 5.74) is 3.72. The molecule has 0 radical (unpaired) electrons. The average molecular weight is 363 g/mol. The van der Waals surface area contributed by atoms with Crippen molar-refractivity contribution in [3.8, 4) is 0 Å². The topological polar surface area (TPSA) is 92.7 Å². The molecule has 0 aliphatic heterocycles. The summed E-state index contributed by atoms with van der Waals surface area (Å²) in [4.78, 5) is 32.2. The van der Waals surface area contributed by atoms with Crippen LogP contribution in [0.25, 0.3) is 0 Å². The Kier molecular flexibility index (Phi) is 4.58. The van der Waals surface area contributed by atoms with Gasteiger partial charge in [0.05, 0.1) is 0 Å². The van der Waals surface area contributed by atoms with Gasteiger partial charge in [0.2, 0.25) is 0 Å². The number of amides is 1. The first kappa shape index (κ1) is 17.2. The van der Waals surface area contributed by atoms with E-state index in [-0.39, 0.29) is 11.7 Å². The summed E-state index contributed by atoms with van der Waals surface area (Å²) in [6.07, 6.45) is 6.54. The number of Topliss-reactive ketones (excluding diaryl/α,β-unsaturated/α-hetero) is 1. The van der Waals surface area contributed by atoms with Crippen molar-refractivity contribution in [3.63, 3.8) is 0 Å². The first-order valence-electron chi connectivity index (χ1n) is 9.11. The third-order valence-corrected chi connectivity index (χ3v) is 4.87. The second-order valence-corrected chi connectivity index (χ2v) is 6.74. The summed E-state index contributed by atoms with van der Waals surface area (Å²) in [5.74, 6) is 0.326. The van der Waals surface area contributed by atoms with E-state index in [1.807, 2.05) is 31.3 Å². The number of ketones is 1. The average Bonchev–Trinajstić information content (AvgIpc) is 3.26. The number of pyridine rings is 1. The zero-order chi connectivity index (χ0) is 18.8. The first-order chi connectivity index (χ1) is 13.1. The molecule has 3 aromatic heterocycles. The zero-order valence-electron chi connectivity index (χ0n) is 15.2. The second-order valence-electron chi connectivity index (χ2n) is 6.74. The molecule has 3 aromatic rings. The summed E-state index contributed by atoms with van der Waals surface area (Å²) in [6, 6.07) is 7.59. The molecular weight excluding hydrogens is 342 g/mol. The largest absolute Gasteiger partial charge is 0.354 e. The highest BCUT2D eigenvalue weighted by Gasteiger charge is 2.26. The molecule has 2 N–H and O–H groups in total. The standard InChI is InChI=1S/C20H21N5O2/c1-13-18-15(6-4-7-16(18)26)22-19(13)20(27)23-17-9-12-25(24-17)11-8-14-5-2-3-10-21-14/h2-3,5,9-10,12,22H,4,6-8,11H2,1H3,(H,23,24,27). The lowest BCUT2D eigenvalue weighted by atomic mass is 9.94. The van der Waals surface area contributed by atoms with Gasteiger partial charge >= 0.3 is 0 Å². The molecule has 3 heterocycles. The summed E-state index contributed by atoms with van der Waals surface area (Å²) in [6.45, 7) is 2.50. The highest BCUT2D eigenvalue weighted by atomic mass is 16.2. The van der Waals surface area contributed by atoms with Gasteiger partial charge in [-0.1, -0.05) is 6.07 Å². The van der Waals surface area contributed by atoms with Crippen molar-refractivity contribution >= 4 is 17.5 Å². The Labute approximate surface area is 156 Å². The number of hydrogen-bond donors (Lipinski definition) is 2. The van der Waals surface area contributed by atoms with E-state index in [1.165, 1.54) is 0 Å². The van der Waals surface area contributed by atoms with E-state index in [0.29, 0.717) is 30.0 Å². The number of carbonyl (C=O) groups excluding carboxylic acids is 2. The van der Waals surface area contributed by atoms with Gasteiger partial charge < -0.3 is 10.3 Å². The summed E-state index contributed by atoms with van der Waals surface area (Å²) in [5, 5.41) is 7.21. The first-order valence-corrected chi connectivity index (χ1v) is 9.11. The maximum Gasteiger partial charge on any atom is 0.273 e. The Morgan fingerprint density at radius 3 is 2.96 bits per heavy atom. The highest BCUT2D eigenvalue weighted by Crippen LogP contribution is 2.26. The van der Waals surface area contributed by atoms with Gasteiger partial charge in [-0.2, -0.15) is 5.10 Å². The smallest absolute Gasteiger partial charge is 0.273 e. The van der Waals surface area contributed by atoms with E-state index >= 15 is 0 Å². The Morgan fingerprint density at radius 1 is 1.30 bits per heavy atom. The van der Waals surface area contributed by atoms with Crippen LogP contribution in [-0.2, 0) is 19.4 Å². The van der Waals surface area contributed by atoms with E-state index in [2.05, 4.69) is 20.4 Å². The van der Waals surface area contributed by atoms with Crippen molar-refractivity contribution in [2.45, 2.75) is 39.2 Å². The van der Waals surface area contributed by atoms with E-state index in [0.717, 1.165) is 36.2 Å². The van der Waals surface area contributed by atoms with E-state index in [4.69, 9.17) is 0 Å². The van der Waals surface area contributed by atoms with Crippen LogP contribution < -0.4 is 5.32 Å². The van der Waals surface area contributed by atoms with Crippen molar-refractivity contribution in [1.29, 1.82) is 0 Å². The molecule has 0 saturated carbocycles. The molecule has 1 amide bonds. The Morgan fingerprint density at radius 2 is 2.19 bits per heavy atom. The van der Waals surface area contributed by atoms with Gasteiger partial charge in [-0.05, 0) is 37.5 Å². The van der Waals surface area contributed by atoms with Crippen molar-refractivity contribution in [1.82, 2.24) is 19.7 Å². The molecule has 1 aliphatic carbocycles. The van der Waals surface area contributed by atoms with Crippen LogP contribution >= 0.6 is 0 Å². The van der Waals surface area contributed by atoms with Gasteiger partial charge in [0.15, 0.2) is 11.6 Å². The van der Waals surface area contributed by atoms with E-state index < -0.39 is 0 Å². The number of rotatable bonds is 5. The normalized spacial score (nSPS) is 13.4. The van der Waals surface area contributed by atoms with Gasteiger partial charge in [0.25, 0.3) is 5.91 Å². The Balaban J connectivity index is 1.43. The molecule has 7 nitrogen and oxygen atoms in total. The number of nitrogens with one attached hydrogen (secondary N) is 2. The Bertz CT molecular complexity index is 987. The number of H-pyrrole nitrogens is 1. The molecular formula is C20H21N5O2. The lowest BCUT2D eigenvalue weighted by molar-refractivity contribution is 0.0971. The van der Waals surface area contributed by atoms with Crippen LogP contribution in [0, 0.1) is 6.92 Å². The number of aryl methyl sites for hydroxylation is 3. The monoisotopic (exact) mass is 363 g/mol. The Hall–Kier alpha value is -3.22. The van der Waals surface area contributed by atoms with Crippen molar-refractivity contribution in [2.24, 2.45) is 0 Å². The van der Waals surface area contributed by atoms with Crippen LogP contribution in [0.1, 0.15) is 50.6 Å². The molecule has 138 valence electrons. The molecule has 0 fully saturated rings. The minimum Gasteiger partial charge on any atom is -0.354 e. The van der Waals surface area contributed by atoms with E-state index in [9.17, 15) is 9.59 Å². The van der Waals surface area contributed by atoms with Crippen LogP contribution in [0.5, 0.6) is 0 Å². The molecule has 0 unspecified atom stereocenters. The van der Waals surface area contributed by atoms with Crippen LogP contribution in [-0.4, -0.2) is 31.4 Å². The van der Waals surface area contributed by atoms with Crippen LogP contribution in [0.15, 0.2) is 36.7 Å². The predicted octanol–water partition coefficient (Wildman–Crippen LogP) is 2.93. The van der Waals surface area contributed by atoms with Crippen LogP contribution in [0.4, 0.5) is 5.82 Å². The van der Waals surface area contributed by atoms with Gasteiger partial charge in [0, 0.05) is 54.8 Å². The number of anilines is 1. The molecule has 1 aliphatic rings. The molecule has 0 spiro atoms. The fourth-order valence-electron chi connectivity index (χ4n) is 3.51. The van der Waals surface area contributed by atoms with Crippen molar-refractivity contribution in [3.05, 3.63) is 64.9 Å². The molecule has 0 saturated heterocycles. The lowest BCUT2D eigenvalue weighted by Gasteiger charge is -2.09. The SMILES string of the molecule is Cc1c(C(=O)Nc2ccn(CCc3ccccn3)n2)[nH]c2c1C(=O)CCC2. The molecule has 4 rings (SSSR count). The maximum atomic E-state index is 12.6. The highest BCUT2D eigenvalue weighted by molar-refractivity contribution is 6.08. The minimum atomic E-state index is -0.273. The molecule has 7 heteroatoms. The van der Waals surface area contributed by atoms with Crippen LogP contribution in [0.3, 0.4) is 0 Å². The van der Waals surface area contributed by atoms with Gasteiger partial charge in [-0.15, -0.1) is 0 Å². The van der Waals surface area contributed by atoms with Gasteiger partial charge in [0.1, 0.15) is 5.69 Å². The summed E-state index contributed by atoms with van der Waals surface area (Å²) in [7, 11) is 0. The number of fused-ring (bicyclic) bond motifs is 1. The molecule has 0 aromatic carbocycles. The molecule has 27 heavy (non-hydrogen) atoms.